The SMILES string of the molecule is C[NH+]1CCCC(C(=O)Nc2ccc(-n3cc4cccc(C(N)=O)c4n3)cc2)C1.O=C([O-])C(F)(F)F. The zero-order valence-electron chi connectivity index (χ0n) is 18.8. The lowest BCUT2D eigenvalue weighted by Crippen LogP contribution is -3.10. The Hall–Kier alpha value is -3.93. The second-order valence-electron chi connectivity index (χ2n) is 8.25. The molecule has 1 saturated heterocycles. The van der Waals surface area contributed by atoms with Crippen molar-refractivity contribution in [1.29, 1.82) is 0 Å². The van der Waals surface area contributed by atoms with E-state index in [9.17, 15) is 22.8 Å². The number of hydrogen-bond acceptors (Lipinski definition) is 5. The van der Waals surface area contributed by atoms with Gasteiger partial charge in [0.25, 0.3) is 5.91 Å². The van der Waals surface area contributed by atoms with Crippen molar-refractivity contribution in [2.75, 3.05) is 25.5 Å². The number of hydrogen-bond donors (Lipinski definition) is 3. The molecule has 2 heterocycles. The van der Waals surface area contributed by atoms with E-state index < -0.39 is 18.1 Å². The molecule has 9 nitrogen and oxygen atoms in total. The predicted molar refractivity (Wildman–Crippen MR) is 119 cm³/mol. The first kappa shape index (κ1) is 25.7. The van der Waals surface area contributed by atoms with Crippen molar-refractivity contribution < 1.29 is 37.6 Å². The number of aromatic nitrogens is 2. The minimum absolute atomic E-state index is 0.0667. The standard InChI is InChI=1S/C21H23N5O2.C2HF3O2/c1-25-11-3-5-15(12-25)21(28)23-16-7-9-17(10-8-16)26-13-14-4-2-6-18(20(22)27)19(14)24-26;3-2(4,5)1(6)7/h2,4,6-10,13,15H,3,5,11-12H2,1H3,(H2,22,27)(H,23,28);(H,6,7). The van der Waals surface area contributed by atoms with Gasteiger partial charge in [0.05, 0.1) is 37.3 Å². The number of amides is 2. The van der Waals surface area contributed by atoms with Crippen molar-refractivity contribution in [2.24, 2.45) is 11.7 Å². The molecule has 1 aliphatic rings. The van der Waals surface area contributed by atoms with Gasteiger partial charge in [-0.2, -0.15) is 18.3 Å². The third kappa shape index (κ3) is 6.57. The average molecular weight is 491 g/mol. The minimum Gasteiger partial charge on any atom is -0.542 e. The van der Waals surface area contributed by atoms with Crippen LogP contribution in [0.15, 0.2) is 48.7 Å². The Morgan fingerprint density at radius 1 is 1.17 bits per heavy atom. The fourth-order valence-corrected chi connectivity index (χ4v) is 3.82. The van der Waals surface area contributed by atoms with Gasteiger partial charge in [0.15, 0.2) is 0 Å². The van der Waals surface area contributed by atoms with Gasteiger partial charge in [0.2, 0.25) is 5.91 Å². The molecule has 4 N–H and O–H groups in total. The lowest BCUT2D eigenvalue weighted by Gasteiger charge is -2.26. The van der Waals surface area contributed by atoms with E-state index in [-0.39, 0.29) is 11.8 Å². The van der Waals surface area contributed by atoms with Crippen LogP contribution in [0.2, 0.25) is 0 Å². The molecule has 2 unspecified atom stereocenters. The second-order valence-corrected chi connectivity index (χ2v) is 8.25. The fraction of sp³-hybridized carbons (Fsp3) is 0.304. The van der Waals surface area contributed by atoms with Crippen LogP contribution >= 0.6 is 0 Å². The number of carbonyl (C=O) groups excluding carboxylic acids is 3. The molecule has 4 rings (SSSR count). The fourth-order valence-electron chi connectivity index (χ4n) is 3.82. The number of rotatable bonds is 4. The zero-order chi connectivity index (χ0) is 25.8. The Morgan fingerprint density at radius 2 is 1.83 bits per heavy atom. The van der Waals surface area contributed by atoms with E-state index in [0.717, 1.165) is 42.7 Å². The van der Waals surface area contributed by atoms with Gasteiger partial charge in [0.1, 0.15) is 11.5 Å². The number of carboxylic acid groups (broad SMARTS) is 1. The smallest absolute Gasteiger partial charge is 0.430 e. The number of halogens is 3. The normalized spacial score (nSPS) is 17.8. The van der Waals surface area contributed by atoms with Crippen molar-refractivity contribution in [3.05, 3.63) is 54.2 Å². The van der Waals surface area contributed by atoms with E-state index in [2.05, 4.69) is 17.5 Å². The molecule has 0 saturated carbocycles. The van der Waals surface area contributed by atoms with Crippen molar-refractivity contribution in [1.82, 2.24) is 9.78 Å². The number of anilines is 1. The molecule has 2 atom stereocenters. The molecule has 2 aromatic carbocycles. The van der Waals surface area contributed by atoms with Crippen LogP contribution in [0.3, 0.4) is 0 Å². The Kier molecular flexibility index (Phi) is 7.75. The number of alkyl halides is 3. The topological polar surface area (TPSA) is 135 Å². The zero-order valence-corrected chi connectivity index (χ0v) is 18.8. The quantitative estimate of drug-likeness (QED) is 0.482. The van der Waals surface area contributed by atoms with Crippen LogP contribution in [-0.4, -0.2) is 53.9 Å². The third-order valence-electron chi connectivity index (χ3n) is 5.55. The van der Waals surface area contributed by atoms with Gasteiger partial charge < -0.3 is 25.9 Å². The van der Waals surface area contributed by atoms with Gasteiger partial charge >= 0.3 is 6.18 Å². The summed E-state index contributed by atoms with van der Waals surface area (Å²) in [6.07, 6.45) is -1.30. The van der Waals surface area contributed by atoms with E-state index in [0.29, 0.717) is 11.1 Å². The van der Waals surface area contributed by atoms with Gasteiger partial charge in [-0.05, 0) is 43.2 Å². The van der Waals surface area contributed by atoms with E-state index >= 15 is 0 Å². The molecule has 1 aromatic heterocycles. The Labute approximate surface area is 198 Å². The Morgan fingerprint density at radius 3 is 2.40 bits per heavy atom. The molecule has 0 radical (unpaired) electrons. The molecule has 0 aliphatic carbocycles. The van der Waals surface area contributed by atoms with Crippen LogP contribution in [-0.2, 0) is 9.59 Å². The number of carboxylic acids is 1. The monoisotopic (exact) mass is 491 g/mol. The summed E-state index contributed by atoms with van der Waals surface area (Å²) < 4.78 is 33.3. The van der Waals surface area contributed by atoms with E-state index in [1.807, 2.05) is 36.5 Å². The molecular formula is C23H24F3N5O4. The molecule has 186 valence electrons. The maximum Gasteiger partial charge on any atom is 0.430 e. The first-order chi connectivity index (χ1) is 16.5. The number of piperidine rings is 1. The summed E-state index contributed by atoms with van der Waals surface area (Å²) in [6, 6.07) is 12.9. The Bertz CT molecular complexity index is 1220. The molecule has 1 fully saturated rings. The first-order valence-electron chi connectivity index (χ1n) is 10.7. The first-order valence-corrected chi connectivity index (χ1v) is 10.7. The highest BCUT2D eigenvalue weighted by atomic mass is 19.4. The summed E-state index contributed by atoms with van der Waals surface area (Å²) in [5.74, 6) is -3.35. The molecule has 35 heavy (non-hydrogen) atoms. The van der Waals surface area contributed by atoms with Crippen molar-refractivity contribution in [2.45, 2.75) is 19.0 Å². The van der Waals surface area contributed by atoms with Gasteiger partial charge in [-0.3, -0.25) is 9.59 Å². The van der Waals surface area contributed by atoms with Crippen LogP contribution < -0.4 is 21.1 Å². The highest BCUT2D eigenvalue weighted by Crippen LogP contribution is 2.21. The predicted octanol–water partition coefficient (Wildman–Crippen LogP) is 0.286. The largest absolute Gasteiger partial charge is 0.542 e. The van der Waals surface area contributed by atoms with Gasteiger partial charge in [-0.15, -0.1) is 0 Å². The number of benzene rings is 2. The molecular weight excluding hydrogens is 467 g/mol. The molecule has 1 aliphatic heterocycles. The average Bonchev–Trinajstić information content (AvgIpc) is 3.23. The summed E-state index contributed by atoms with van der Waals surface area (Å²) in [7, 11) is 2.13. The number of carbonyl (C=O) groups is 3. The minimum atomic E-state index is -5.19. The van der Waals surface area contributed by atoms with Crippen LogP contribution in [0.5, 0.6) is 0 Å². The number of primary amides is 1. The summed E-state index contributed by atoms with van der Waals surface area (Å²) in [5, 5.41) is 17.2. The molecule has 12 heteroatoms. The maximum atomic E-state index is 12.5. The van der Waals surface area contributed by atoms with Crippen LogP contribution in [0.4, 0.5) is 18.9 Å². The van der Waals surface area contributed by atoms with Crippen molar-refractivity contribution in [3.63, 3.8) is 0 Å². The Balaban J connectivity index is 0.000000429. The maximum absolute atomic E-state index is 12.5. The lowest BCUT2D eigenvalue weighted by molar-refractivity contribution is -0.887. The van der Waals surface area contributed by atoms with Crippen molar-refractivity contribution >= 4 is 34.4 Å². The van der Waals surface area contributed by atoms with Gasteiger partial charge in [-0.25, -0.2) is 4.68 Å². The summed E-state index contributed by atoms with van der Waals surface area (Å²) in [6.45, 7) is 2.01. The number of nitrogens with two attached hydrogens (primary N) is 1. The molecule has 3 aromatic rings. The van der Waals surface area contributed by atoms with Gasteiger partial charge in [0, 0.05) is 17.3 Å². The summed E-state index contributed by atoms with van der Waals surface area (Å²) >= 11 is 0. The second kappa shape index (κ2) is 10.6. The summed E-state index contributed by atoms with van der Waals surface area (Å²) in [4.78, 5) is 34.3. The molecule has 0 bridgehead atoms. The lowest BCUT2D eigenvalue weighted by atomic mass is 9.97. The van der Waals surface area contributed by atoms with Gasteiger partial charge in [-0.1, -0.05) is 12.1 Å². The number of aliphatic carboxylic acids is 1. The molecule has 2 amide bonds. The number of likely N-dealkylation sites (tertiary alicyclic amines) is 1. The third-order valence-corrected chi connectivity index (χ3v) is 5.55. The van der Waals surface area contributed by atoms with Crippen molar-refractivity contribution in [3.8, 4) is 5.69 Å². The number of nitrogens with one attached hydrogen (secondary N) is 2. The highest BCUT2D eigenvalue weighted by Gasteiger charge is 2.29. The van der Waals surface area contributed by atoms with E-state index in [4.69, 9.17) is 15.6 Å². The van der Waals surface area contributed by atoms with Crippen LogP contribution in [0.1, 0.15) is 23.2 Å². The number of fused-ring (bicyclic) bond motifs is 1. The van der Waals surface area contributed by atoms with Crippen LogP contribution in [0.25, 0.3) is 16.6 Å². The van der Waals surface area contributed by atoms with E-state index in [1.54, 1.807) is 16.8 Å². The molecule has 0 spiro atoms. The van der Waals surface area contributed by atoms with E-state index in [1.165, 1.54) is 4.90 Å². The van der Waals surface area contributed by atoms with Crippen LogP contribution in [0, 0.1) is 5.92 Å². The number of nitrogens with zero attached hydrogens (tertiary/aromatic N) is 2. The number of quaternary nitrogens is 1. The summed E-state index contributed by atoms with van der Waals surface area (Å²) in [5.41, 5.74) is 8.03. The highest BCUT2D eigenvalue weighted by molar-refractivity contribution is 6.04.